The highest BCUT2D eigenvalue weighted by Gasteiger charge is 2.24. The van der Waals surface area contributed by atoms with Gasteiger partial charge in [-0.2, -0.15) is 5.10 Å². The van der Waals surface area contributed by atoms with Gasteiger partial charge in [-0.15, -0.1) is 0 Å². The van der Waals surface area contributed by atoms with Crippen LogP contribution in [0.2, 0.25) is 0 Å². The largest absolute Gasteiger partial charge is 0.305 e. The predicted molar refractivity (Wildman–Crippen MR) is 65.0 cm³/mol. The van der Waals surface area contributed by atoms with Crippen molar-refractivity contribution in [3.8, 4) is 0 Å². The maximum absolute atomic E-state index is 13.8. The Labute approximate surface area is 109 Å². The van der Waals surface area contributed by atoms with E-state index >= 15 is 0 Å². The van der Waals surface area contributed by atoms with E-state index in [2.05, 4.69) is 10.4 Å². The maximum atomic E-state index is 13.8. The Kier molecular flexibility index (Phi) is 3.90. The average Bonchev–Trinajstić information content (AvgIpc) is 2.73. The van der Waals surface area contributed by atoms with Gasteiger partial charge in [0.1, 0.15) is 17.5 Å². The van der Waals surface area contributed by atoms with E-state index in [9.17, 15) is 13.2 Å². The summed E-state index contributed by atoms with van der Waals surface area (Å²) < 4.78 is 42.1. The lowest BCUT2D eigenvalue weighted by Crippen LogP contribution is -2.25. The normalized spacial score (nSPS) is 12.7. The molecule has 2 rings (SSSR count). The highest BCUT2D eigenvalue weighted by atomic mass is 19.1. The molecular weight excluding hydrogens is 255 g/mol. The lowest BCUT2D eigenvalue weighted by molar-refractivity contribution is 0.486. The molecule has 0 aliphatic carbocycles. The summed E-state index contributed by atoms with van der Waals surface area (Å²) in [5, 5.41) is 7.09. The molecule has 0 aliphatic rings. The first-order chi connectivity index (χ1) is 9.02. The predicted octanol–water partition coefficient (Wildman–Crippen LogP) is 2.54. The molecule has 0 bridgehead atoms. The summed E-state index contributed by atoms with van der Waals surface area (Å²) in [7, 11) is 1.71. The lowest BCUT2D eigenvalue weighted by Gasteiger charge is -2.17. The summed E-state index contributed by atoms with van der Waals surface area (Å²) in [5.74, 6) is -2.78. The molecule has 0 amide bonds. The quantitative estimate of drug-likeness (QED) is 0.924. The van der Waals surface area contributed by atoms with E-state index in [0.29, 0.717) is 24.4 Å². The molecule has 19 heavy (non-hydrogen) atoms. The van der Waals surface area contributed by atoms with Crippen molar-refractivity contribution in [1.82, 2.24) is 15.1 Å². The van der Waals surface area contributed by atoms with Crippen LogP contribution in [0.4, 0.5) is 13.2 Å². The highest BCUT2D eigenvalue weighted by molar-refractivity contribution is 5.30. The van der Waals surface area contributed by atoms with Gasteiger partial charge in [-0.1, -0.05) is 6.92 Å². The Balaban J connectivity index is 2.51. The van der Waals surface area contributed by atoms with Gasteiger partial charge in [0, 0.05) is 30.9 Å². The maximum Gasteiger partial charge on any atom is 0.134 e. The van der Waals surface area contributed by atoms with E-state index in [1.165, 1.54) is 0 Å². The van der Waals surface area contributed by atoms with Crippen molar-refractivity contribution in [2.75, 3.05) is 6.54 Å². The third-order valence-corrected chi connectivity index (χ3v) is 2.77. The summed E-state index contributed by atoms with van der Waals surface area (Å²) >= 11 is 0. The van der Waals surface area contributed by atoms with Crippen molar-refractivity contribution in [2.24, 2.45) is 7.05 Å². The Morgan fingerprint density at radius 2 is 1.89 bits per heavy atom. The van der Waals surface area contributed by atoms with Crippen LogP contribution in [-0.2, 0) is 7.05 Å². The first-order valence-corrected chi connectivity index (χ1v) is 5.90. The zero-order valence-corrected chi connectivity index (χ0v) is 10.6. The van der Waals surface area contributed by atoms with Crippen LogP contribution in [0.25, 0.3) is 0 Å². The van der Waals surface area contributed by atoms with Gasteiger partial charge in [0.2, 0.25) is 0 Å². The monoisotopic (exact) mass is 269 g/mol. The van der Waals surface area contributed by atoms with Crippen LogP contribution >= 0.6 is 0 Å². The standard InChI is InChI=1S/C13H14F3N3/c1-3-17-13(11-4-5-19(2)18-11)12-9(15)6-8(14)7-10(12)16/h4-7,13,17H,3H2,1-2H3. The summed E-state index contributed by atoms with van der Waals surface area (Å²) in [6.45, 7) is 2.31. The van der Waals surface area contributed by atoms with E-state index in [1.54, 1.807) is 24.0 Å². The van der Waals surface area contributed by atoms with Crippen LogP contribution in [0, 0.1) is 17.5 Å². The number of hydrogen-bond acceptors (Lipinski definition) is 2. The van der Waals surface area contributed by atoms with Gasteiger partial charge in [0.15, 0.2) is 0 Å². The smallest absolute Gasteiger partial charge is 0.134 e. The van der Waals surface area contributed by atoms with Crippen LogP contribution in [0.1, 0.15) is 24.2 Å². The van der Waals surface area contributed by atoms with Gasteiger partial charge < -0.3 is 5.32 Å². The second kappa shape index (κ2) is 5.44. The number of rotatable bonds is 4. The van der Waals surface area contributed by atoms with Gasteiger partial charge in [-0.05, 0) is 12.6 Å². The number of benzene rings is 1. The Morgan fingerprint density at radius 3 is 2.37 bits per heavy atom. The van der Waals surface area contributed by atoms with Crippen LogP contribution in [0.5, 0.6) is 0 Å². The molecule has 0 fully saturated rings. The molecule has 0 saturated heterocycles. The van der Waals surface area contributed by atoms with E-state index in [4.69, 9.17) is 0 Å². The van der Waals surface area contributed by atoms with Gasteiger partial charge in [0.25, 0.3) is 0 Å². The van der Waals surface area contributed by atoms with Crippen molar-refractivity contribution >= 4 is 0 Å². The summed E-state index contributed by atoms with van der Waals surface area (Å²) in [6, 6.07) is 2.26. The molecule has 1 heterocycles. The third-order valence-electron chi connectivity index (χ3n) is 2.77. The second-order valence-corrected chi connectivity index (χ2v) is 4.19. The van der Waals surface area contributed by atoms with E-state index in [1.807, 2.05) is 6.92 Å². The summed E-state index contributed by atoms with van der Waals surface area (Å²) in [6.07, 6.45) is 1.68. The van der Waals surface area contributed by atoms with E-state index in [0.717, 1.165) is 0 Å². The fourth-order valence-electron chi connectivity index (χ4n) is 1.97. The molecular formula is C13H14F3N3. The number of nitrogens with zero attached hydrogens (tertiary/aromatic N) is 2. The number of hydrogen-bond donors (Lipinski definition) is 1. The molecule has 2 aromatic rings. The zero-order chi connectivity index (χ0) is 14.0. The van der Waals surface area contributed by atoms with Gasteiger partial charge in [-0.25, -0.2) is 13.2 Å². The fraction of sp³-hybridized carbons (Fsp3) is 0.308. The Hall–Kier alpha value is -1.82. The van der Waals surface area contributed by atoms with Crippen molar-refractivity contribution in [2.45, 2.75) is 13.0 Å². The van der Waals surface area contributed by atoms with Crippen molar-refractivity contribution in [3.63, 3.8) is 0 Å². The molecule has 1 N–H and O–H groups in total. The second-order valence-electron chi connectivity index (χ2n) is 4.19. The van der Waals surface area contributed by atoms with Crippen LogP contribution in [0.3, 0.4) is 0 Å². The summed E-state index contributed by atoms with van der Waals surface area (Å²) in [4.78, 5) is 0. The number of aryl methyl sites for hydroxylation is 1. The molecule has 1 unspecified atom stereocenters. The first kappa shape index (κ1) is 13.6. The summed E-state index contributed by atoms with van der Waals surface area (Å²) in [5.41, 5.74) is 0.260. The van der Waals surface area contributed by atoms with E-state index in [-0.39, 0.29) is 5.56 Å². The highest BCUT2D eigenvalue weighted by Crippen LogP contribution is 2.26. The number of aromatic nitrogens is 2. The molecule has 1 aromatic heterocycles. The minimum absolute atomic E-state index is 0.220. The molecule has 102 valence electrons. The number of nitrogens with one attached hydrogen (secondary N) is 1. The van der Waals surface area contributed by atoms with E-state index < -0.39 is 23.5 Å². The molecule has 0 aliphatic heterocycles. The van der Waals surface area contributed by atoms with Crippen molar-refractivity contribution in [1.29, 1.82) is 0 Å². The van der Waals surface area contributed by atoms with Crippen LogP contribution in [-0.4, -0.2) is 16.3 Å². The van der Waals surface area contributed by atoms with Crippen LogP contribution < -0.4 is 5.32 Å². The molecule has 0 spiro atoms. The SMILES string of the molecule is CCNC(c1ccn(C)n1)c1c(F)cc(F)cc1F. The average molecular weight is 269 g/mol. The zero-order valence-electron chi connectivity index (χ0n) is 10.6. The minimum Gasteiger partial charge on any atom is -0.305 e. The lowest BCUT2D eigenvalue weighted by atomic mass is 10.0. The fourth-order valence-corrected chi connectivity index (χ4v) is 1.97. The number of halogens is 3. The van der Waals surface area contributed by atoms with Gasteiger partial charge in [0.05, 0.1) is 11.7 Å². The Bertz CT molecular complexity index is 557. The first-order valence-electron chi connectivity index (χ1n) is 5.90. The molecule has 1 atom stereocenters. The van der Waals surface area contributed by atoms with Crippen molar-refractivity contribution < 1.29 is 13.2 Å². The topological polar surface area (TPSA) is 29.9 Å². The molecule has 3 nitrogen and oxygen atoms in total. The third kappa shape index (κ3) is 2.78. The van der Waals surface area contributed by atoms with Gasteiger partial charge in [-0.3, -0.25) is 4.68 Å². The molecule has 0 radical (unpaired) electrons. The molecule has 0 saturated carbocycles. The minimum atomic E-state index is -0.935. The molecule has 6 heteroatoms. The van der Waals surface area contributed by atoms with Crippen molar-refractivity contribution in [3.05, 3.63) is 53.1 Å². The van der Waals surface area contributed by atoms with Crippen LogP contribution in [0.15, 0.2) is 24.4 Å². The molecule has 1 aromatic carbocycles. The Morgan fingerprint density at radius 1 is 1.26 bits per heavy atom. The van der Waals surface area contributed by atoms with Gasteiger partial charge >= 0.3 is 0 Å².